The van der Waals surface area contributed by atoms with Crippen LogP contribution in [0.15, 0.2) is 48.5 Å². The van der Waals surface area contributed by atoms with E-state index in [2.05, 4.69) is 4.52 Å². The largest absolute Gasteiger partial charge is 0.524 e. The fourth-order valence-corrected chi connectivity index (χ4v) is 2.01. The Hall–Kier alpha value is -1.81. The summed E-state index contributed by atoms with van der Waals surface area (Å²) in [6.45, 7) is 0. The van der Waals surface area contributed by atoms with Crippen molar-refractivity contribution in [1.29, 1.82) is 0 Å². The van der Waals surface area contributed by atoms with Crippen molar-refractivity contribution in [2.45, 2.75) is 0 Å². The molecule has 0 saturated carbocycles. The summed E-state index contributed by atoms with van der Waals surface area (Å²) in [4.78, 5) is 17.7. The first kappa shape index (κ1) is 12.6. The highest BCUT2D eigenvalue weighted by Gasteiger charge is 2.19. The first-order chi connectivity index (χ1) is 8.47. The van der Waals surface area contributed by atoms with Gasteiger partial charge in [0.25, 0.3) is 0 Å². The van der Waals surface area contributed by atoms with Crippen LogP contribution < -0.4 is 4.52 Å². The Bertz CT molecular complexity index is 605. The number of rotatable bonds is 3. The third-order valence-corrected chi connectivity index (χ3v) is 2.73. The van der Waals surface area contributed by atoms with Gasteiger partial charge in [0.2, 0.25) is 0 Å². The van der Waals surface area contributed by atoms with Crippen LogP contribution in [-0.2, 0) is 4.57 Å². The third kappa shape index (κ3) is 2.90. The molecule has 0 bridgehead atoms. The summed E-state index contributed by atoms with van der Waals surface area (Å²) < 4.78 is 15.5. The molecule has 3 N–H and O–H groups in total. The van der Waals surface area contributed by atoms with Crippen LogP contribution in [0.1, 0.15) is 0 Å². The Labute approximate surface area is 104 Å². The Kier molecular flexibility index (Phi) is 3.39. The first-order valence-electron chi connectivity index (χ1n) is 5.10. The summed E-state index contributed by atoms with van der Waals surface area (Å²) in [5.74, 6) is 0.0339. The van der Waals surface area contributed by atoms with E-state index in [4.69, 9.17) is 9.79 Å². The maximum absolute atomic E-state index is 10.9. The highest BCUT2D eigenvalue weighted by atomic mass is 31.2. The maximum Gasteiger partial charge on any atom is 0.524 e. The van der Waals surface area contributed by atoms with Gasteiger partial charge in [0.05, 0.1) is 0 Å². The number of para-hydroxylation sites is 2. The number of hydrogen-bond donors (Lipinski definition) is 3. The van der Waals surface area contributed by atoms with Gasteiger partial charge in [-0.05, 0) is 12.1 Å². The molecule has 0 amide bonds. The van der Waals surface area contributed by atoms with E-state index in [1.165, 1.54) is 12.1 Å². The third-order valence-electron chi connectivity index (χ3n) is 2.30. The molecule has 0 atom stereocenters. The zero-order chi connectivity index (χ0) is 13.2. The number of phenols is 1. The minimum absolute atomic E-state index is 0.0132. The Balaban J connectivity index is 2.52. The zero-order valence-corrected chi connectivity index (χ0v) is 10.1. The van der Waals surface area contributed by atoms with Gasteiger partial charge < -0.3 is 9.63 Å². The summed E-state index contributed by atoms with van der Waals surface area (Å²) in [6.07, 6.45) is 0. The van der Waals surface area contributed by atoms with Gasteiger partial charge in [0.1, 0.15) is 11.5 Å². The summed E-state index contributed by atoms with van der Waals surface area (Å²) >= 11 is 0. The van der Waals surface area contributed by atoms with E-state index in [0.717, 1.165) is 0 Å². The lowest BCUT2D eigenvalue weighted by molar-refractivity contribution is 0.283. The van der Waals surface area contributed by atoms with E-state index >= 15 is 0 Å². The van der Waals surface area contributed by atoms with Crippen LogP contribution in [0.3, 0.4) is 0 Å². The highest BCUT2D eigenvalue weighted by Crippen LogP contribution is 2.43. The van der Waals surface area contributed by atoms with Gasteiger partial charge in [-0.2, -0.15) is 0 Å². The van der Waals surface area contributed by atoms with Gasteiger partial charge in [0.15, 0.2) is 0 Å². The van der Waals surface area contributed by atoms with Crippen molar-refractivity contribution >= 4 is 7.82 Å². The van der Waals surface area contributed by atoms with E-state index in [9.17, 15) is 9.67 Å². The van der Waals surface area contributed by atoms with Crippen LogP contribution in [0.4, 0.5) is 0 Å². The Morgan fingerprint density at radius 2 is 1.44 bits per heavy atom. The normalized spacial score (nSPS) is 11.2. The number of aromatic hydroxyl groups is 1. The first-order valence-corrected chi connectivity index (χ1v) is 6.63. The molecule has 0 aliphatic carbocycles. The van der Waals surface area contributed by atoms with Crippen molar-refractivity contribution in [1.82, 2.24) is 0 Å². The van der Waals surface area contributed by atoms with E-state index in [1.54, 1.807) is 36.4 Å². The van der Waals surface area contributed by atoms with Crippen LogP contribution >= 0.6 is 7.82 Å². The van der Waals surface area contributed by atoms with E-state index in [1.807, 2.05) is 0 Å². The molecular weight excluding hydrogens is 255 g/mol. The van der Waals surface area contributed by atoms with Gasteiger partial charge >= 0.3 is 7.82 Å². The molecule has 0 radical (unpaired) electrons. The number of phenolic OH excluding ortho intramolecular Hbond substituents is 1. The summed E-state index contributed by atoms with van der Waals surface area (Å²) in [5.41, 5.74) is 0.862. The van der Waals surface area contributed by atoms with Crippen molar-refractivity contribution < 1.29 is 24.0 Å². The van der Waals surface area contributed by atoms with E-state index in [0.29, 0.717) is 11.1 Å². The van der Waals surface area contributed by atoms with Crippen LogP contribution in [-0.4, -0.2) is 14.9 Å². The molecule has 2 aromatic rings. The summed E-state index contributed by atoms with van der Waals surface area (Å²) in [7, 11) is -4.63. The highest BCUT2D eigenvalue weighted by molar-refractivity contribution is 7.46. The van der Waals surface area contributed by atoms with Crippen molar-refractivity contribution in [3.8, 4) is 22.6 Å². The molecule has 2 aromatic carbocycles. The topological polar surface area (TPSA) is 87.0 Å². The van der Waals surface area contributed by atoms with Crippen molar-refractivity contribution in [3.05, 3.63) is 48.5 Å². The summed E-state index contributed by atoms with van der Waals surface area (Å²) in [6, 6.07) is 12.8. The van der Waals surface area contributed by atoms with Crippen LogP contribution in [0.5, 0.6) is 11.5 Å². The molecule has 0 saturated heterocycles. The van der Waals surface area contributed by atoms with Gasteiger partial charge in [-0.3, -0.25) is 9.79 Å². The molecule has 2 rings (SSSR count). The van der Waals surface area contributed by atoms with Crippen molar-refractivity contribution in [3.63, 3.8) is 0 Å². The van der Waals surface area contributed by atoms with E-state index in [-0.39, 0.29) is 11.5 Å². The van der Waals surface area contributed by atoms with Gasteiger partial charge in [-0.25, -0.2) is 4.57 Å². The van der Waals surface area contributed by atoms with Crippen molar-refractivity contribution in [2.75, 3.05) is 0 Å². The van der Waals surface area contributed by atoms with Crippen LogP contribution in [0.25, 0.3) is 11.1 Å². The Morgan fingerprint density at radius 3 is 2.06 bits per heavy atom. The second-order valence-electron chi connectivity index (χ2n) is 3.60. The molecule has 0 heterocycles. The molecule has 0 fully saturated rings. The quantitative estimate of drug-likeness (QED) is 0.743. The molecule has 0 unspecified atom stereocenters. The minimum Gasteiger partial charge on any atom is -0.507 e. The van der Waals surface area contributed by atoms with E-state index < -0.39 is 7.82 Å². The summed E-state index contributed by atoms with van der Waals surface area (Å²) in [5, 5.41) is 9.74. The SMILES string of the molecule is O=P(O)(O)Oc1ccccc1-c1ccccc1O. The zero-order valence-electron chi connectivity index (χ0n) is 9.22. The predicted octanol–water partition coefficient (Wildman–Crippen LogP) is 2.53. The lowest BCUT2D eigenvalue weighted by Gasteiger charge is -2.12. The minimum atomic E-state index is -4.63. The number of benzene rings is 2. The number of phosphoric ester groups is 1. The standard InChI is InChI=1S/C12H11O5P/c13-11-7-3-1-5-9(11)10-6-2-4-8-12(10)17-18(14,15)16/h1-8,13H,(H2,14,15,16). The second-order valence-corrected chi connectivity index (χ2v) is 4.76. The molecule has 5 nitrogen and oxygen atoms in total. The molecule has 0 aromatic heterocycles. The van der Waals surface area contributed by atoms with Gasteiger partial charge in [-0.1, -0.05) is 36.4 Å². The fourth-order valence-electron chi connectivity index (χ4n) is 1.60. The molecule has 0 spiro atoms. The number of hydrogen-bond acceptors (Lipinski definition) is 3. The van der Waals surface area contributed by atoms with Crippen LogP contribution in [0, 0.1) is 0 Å². The van der Waals surface area contributed by atoms with Crippen molar-refractivity contribution in [2.24, 2.45) is 0 Å². The smallest absolute Gasteiger partial charge is 0.507 e. The fraction of sp³-hybridized carbons (Fsp3) is 0. The number of phosphoric acid groups is 1. The van der Waals surface area contributed by atoms with Crippen LogP contribution in [0.2, 0.25) is 0 Å². The maximum atomic E-state index is 10.9. The predicted molar refractivity (Wildman–Crippen MR) is 66.2 cm³/mol. The van der Waals surface area contributed by atoms with Gasteiger partial charge in [0, 0.05) is 11.1 Å². The molecule has 0 aliphatic rings. The average molecular weight is 266 g/mol. The Morgan fingerprint density at radius 1 is 0.889 bits per heavy atom. The molecule has 6 heteroatoms. The monoisotopic (exact) mass is 266 g/mol. The lowest BCUT2D eigenvalue weighted by Crippen LogP contribution is -1.92. The second kappa shape index (κ2) is 4.82. The van der Waals surface area contributed by atoms with Gasteiger partial charge in [-0.15, -0.1) is 0 Å². The molecular formula is C12H11O5P. The molecule has 0 aliphatic heterocycles. The molecule has 18 heavy (non-hydrogen) atoms. The molecule has 94 valence electrons. The average Bonchev–Trinajstić information content (AvgIpc) is 2.29. The lowest BCUT2D eigenvalue weighted by atomic mass is 10.0.